The second-order valence-corrected chi connectivity index (χ2v) is 16.6. The fourth-order valence-electron chi connectivity index (χ4n) is 5.68. The Morgan fingerprint density at radius 3 is 2.48 bits per heavy atom. The van der Waals surface area contributed by atoms with Gasteiger partial charge in [-0.3, -0.25) is 9.35 Å². The number of rotatable bonds is 16. The van der Waals surface area contributed by atoms with Crippen molar-refractivity contribution >= 4 is 96.0 Å². The summed E-state index contributed by atoms with van der Waals surface area (Å²) in [5, 5.41) is 15.7. The van der Waals surface area contributed by atoms with Crippen molar-refractivity contribution in [3.63, 3.8) is 0 Å². The molecule has 3 N–H and O–H groups in total. The largest absolute Gasteiger partial charge is 0.480 e. The molecule has 0 fully saturated rings. The lowest BCUT2D eigenvalue weighted by Gasteiger charge is -2.28. The van der Waals surface area contributed by atoms with Crippen molar-refractivity contribution in [2.75, 3.05) is 35.2 Å². The highest BCUT2D eigenvalue weighted by Gasteiger charge is 2.29. The lowest BCUT2D eigenvalue weighted by molar-refractivity contribution is -0.668. The maximum absolute atomic E-state index is 12.8. The Kier molecular flexibility index (Phi) is 12.7. The van der Waals surface area contributed by atoms with Gasteiger partial charge in [0.1, 0.15) is 10.7 Å². The van der Waals surface area contributed by atoms with Crippen LogP contribution in [0.25, 0.3) is 16.3 Å². The number of amides is 1. The molecule has 0 radical (unpaired) electrons. The normalized spacial score (nSPS) is 14.3. The number of carbonyl (C=O) groups is 2. The van der Waals surface area contributed by atoms with Crippen molar-refractivity contribution in [2.24, 2.45) is 0 Å². The van der Waals surface area contributed by atoms with Crippen LogP contribution in [0.15, 0.2) is 70.6 Å². The van der Waals surface area contributed by atoms with Crippen molar-refractivity contribution in [3.8, 4) is 0 Å². The first-order chi connectivity index (χ1) is 23.8. The van der Waals surface area contributed by atoms with Crippen LogP contribution in [0.1, 0.15) is 43.2 Å². The summed E-state index contributed by atoms with van der Waals surface area (Å²) in [5.41, 5.74) is 3.70. The first-order valence-electron chi connectivity index (χ1n) is 16.2. The number of anilines is 2. The van der Waals surface area contributed by atoms with Crippen molar-refractivity contribution in [1.82, 2.24) is 5.32 Å². The Labute approximate surface area is 310 Å². The van der Waals surface area contributed by atoms with Crippen molar-refractivity contribution in [2.45, 2.75) is 57.0 Å². The summed E-state index contributed by atoms with van der Waals surface area (Å²) in [7, 11) is -4.10. The quantitative estimate of drug-likeness (QED) is 0.0612. The molecule has 10 nitrogen and oxygen atoms in total. The average Bonchev–Trinajstić information content (AvgIpc) is 3.57. The number of nitrogens with one attached hydrogen (secondary N) is 1. The van der Waals surface area contributed by atoms with Gasteiger partial charge in [0.15, 0.2) is 6.54 Å². The molecule has 50 heavy (non-hydrogen) atoms. The predicted octanol–water partition coefficient (Wildman–Crippen LogP) is 7.26. The van der Waals surface area contributed by atoms with Gasteiger partial charge in [-0.15, -0.1) is 0 Å². The molecule has 1 unspecified atom stereocenters. The van der Waals surface area contributed by atoms with Crippen LogP contribution in [0.4, 0.5) is 11.4 Å². The van der Waals surface area contributed by atoms with E-state index in [2.05, 4.69) is 16.3 Å². The van der Waals surface area contributed by atoms with E-state index in [-0.39, 0.29) is 31.0 Å². The van der Waals surface area contributed by atoms with E-state index in [1.54, 1.807) is 34.9 Å². The zero-order valence-corrected chi connectivity index (χ0v) is 31.6. The van der Waals surface area contributed by atoms with Crippen LogP contribution in [-0.4, -0.2) is 61.4 Å². The van der Waals surface area contributed by atoms with Crippen LogP contribution in [0.2, 0.25) is 10.0 Å². The highest BCUT2D eigenvalue weighted by Crippen LogP contribution is 2.48. The third-order valence-corrected chi connectivity index (χ3v) is 11.8. The van der Waals surface area contributed by atoms with E-state index in [9.17, 15) is 27.7 Å². The summed E-state index contributed by atoms with van der Waals surface area (Å²) in [6.45, 7) is 5.38. The Bertz CT molecular complexity index is 2000. The molecule has 1 amide bonds. The van der Waals surface area contributed by atoms with E-state index in [1.165, 1.54) is 0 Å². The van der Waals surface area contributed by atoms with E-state index in [1.807, 2.05) is 72.2 Å². The van der Waals surface area contributed by atoms with Gasteiger partial charge in [-0.05, 0) is 69.2 Å². The molecule has 15 heteroatoms. The Balaban J connectivity index is 1.24. The average molecular weight is 779 g/mol. The lowest BCUT2D eigenvalue weighted by atomic mass is 10.1. The highest BCUT2D eigenvalue weighted by molar-refractivity contribution is 8.03. The van der Waals surface area contributed by atoms with Crippen LogP contribution in [0, 0.1) is 6.92 Å². The van der Waals surface area contributed by atoms with E-state index in [0.717, 1.165) is 54.9 Å². The second kappa shape index (κ2) is 16.8. The number of hydrogen-bond donors (Lipinski definition) is 3. The number of fused-ring (bicyclic) bond motifs is 2. The van der Waals surface area contributed by atoms with Crippen LogP contribution < -0.4 is 19.7 Å². The van der Waals surface area contributed by atoms with Crippen LogP contribution in [0.3, 0.4) is 0 Å². The third-order valence-electron chi connectivity index (χ3n) is 8.32. The number of carbonyl (C=O) groups excluding carboxylic acids is 1. The second-order valence-electron chi connectivity index (χ2n) is 12.0. The predicted molar refractivity (Wildman–Crippen MR) is 203 cm³/mol. The van der Waals surface area contributed by atoms with Gasteiger partial charge in [-0.25, -0.2) is 4.79 Å². The highest BCUT2D eigenvalue weighted by atomic mass is 35.5. The topological polar surface area (TPSA) is 131 Å². The van der Waals surface area contributed by atoms with Gasteiger partial charge in [0.25, 0.3) is 15.1 Å². The molecule has 1 atom stereocenters. The van der Waals surface area contributed by atoms with Gasteiger partial charge in [0.2, 0.25) is 11.4 Å². The van der Waals surface area contributed by atoms with E-state index < -0.39 is 22.1 Å². The summed E-state index contributed by atoms with van der Waals surface area (Å²) >= 11 is 15.9. The number of nitrogens with zero attached hydrogens (tertiary/aromatic N) is 3. The van der Waals surface area contributed by atoms with Gasteiger partial charge in [-0.2, -0.15) is 13.0 Å². The first kappa shape index (κ1) is 37.9. The maximum Gasteiger partial charge on any atom is 0.326 e. The summed E-state index contributed by atoms with van der Waals surface area (Å²) in [4.78, 5) is 29.5. The summed E-state index contributed by atoms with van der Waals surface area (Å²) in [6, 6.07) is 18.2. The monoisotopic (exact) mass is 777 g/mol. The number of thiazole rings is 1. The molecule has 0 bridgehead atoms. The first-order valence-corrected chi connectivity index (χ1v) is 20.2. The minimum Gasteiger partial charge on any atom is -0.480 e. The molecule has 0 spiro atoms. The number of aromatic nitrogens is 1. The summed E-state index contributed by atoms with van der Waals surface area (Å²) in [6.07, 6.45) is 3.98. The molecule has 0 saturated heterocycles. The molecule has 1 aliphatic rings. The molecule has 3 aromatic carbocycles. The number of unbranched alkanes of at least 4 members (excludes halogenated alkanes) is 1. The minimum atomic E-state index is -4.10. The molecule has 0 aliphatic carbocycles. The van der Waals surface area contributed by atoms with Gasteiger partial charge >= 0.3 is 5.97 Å². The summed E-state index contributed by atoms with van der Waals surface area (Å²) < 4.78 is 35.2. The zero-order chi connectivity index (χ0) is 36.0. The maximum atomic E-state index is 12.8. The number of aliphatic carboxylic acids is 1. The minimum absolute atomic E-state index is 0.141. The van der Waals surface area contributed by atoms with E-state index >= 15 is 0 Å². The number of aryl methyl sites for hydroxylation is 2. The SMILES string of the molecule is Cc1ccc(N(CCC(=O)NCCCCN2/C(=C/c3sc4ccc(Cl)cc4[n+]3CCCS(=O)(=O)O)Sc3ccc(Cl)cc32)C(C)C(=O)O)cc1. The zero-order valence-electron chi connectivity index (χ0n) is 27.6. The molecule has 1 aliphatic heterocycles. The molecule has 0 saturated carbocycles. The van der Waals surface area contributed by atoms with Crippen LogP contribution >= 0.6 is 46.3 Å². The lowest BCUT2D eigenvalue weighted by Crippen LogP contribution is -2.41. The standard InChI is InChI=1S/C35H38Cl2N4O6S3/c1-23-6-10-27(11-7-23)39(24(2)35(43)44)18-14-32(42)38-15-3-4-16-40-28-20-25(36)8-12-30(28)48-33(40)22-34-41(17-5-19-50(45,46)47)29-21-26(37)9-13-31(29)49-34/h6-13,20-22,24H,3-5,14-19H2,1-2H3,(H2-,38,42,43,44,45,46,47)/p+1. The smallest absolute Gasteiger partial charge is 0.326 e. The fraction of sp³-hybridized carbons (Fsp3) is 0.343. The van der Waals surface area contributed by atoms with Crippen molar-refractivity contribution in [3.05, 3.63) is 86.3 Å². The molecule has 5 rings (SSSR count). The van der Waals surface area contributed by atoms with E-state index in [4.69, 9.17) is 23.2 Å². The molecule has 1 aromatic heterocycles. The van der Waals surface area contributed by atoms with Gasteiger partial charge in [0.05, 0.1) is 22.5 Å². The van der Waals surface area contributed by atoms with E-state index in [0.29, 0.717) is 29.7 Å². The van der Waals surface area contributed by atoms with Crippen LogP contribution in [0.5, 0.6) is 0 Å². The third kappa shape index (κ3) is 9.92. The molecular weight excluding hydrogens is 740 g/mol. The Morgan fingerprint density at radius 1 is 1.04 bits per heavy atom. The van der Waals surface area contributed by atoms with Gasteiger partial charge < -0.3 is 20.2 Å². The van der Waals surface area contributed by atoms with Crippen molar-refractivity contribution in [1.29, 1.82) is 0 Å². The molecule has 4 aromatic rings. The van der Waals surface area contributed by atoms with Crippen molar-refractivity contribution < 1.29 is 32.2 Å². The number of halogens is 2. The van der Waals surface area contributed by atoms with Gasteiger partial charge in [-0.1, -0.05) is 64.0 Å². The number of carboxylic acids is 1. The molecular formula is C35H39Cl2N4O6S3+. The molecule has 266 valence electrons. The number of benzene rings is 3. The summed E-state index contributed by atoms with van der Waals surface area (Å²) in [5.74, 6) is -1.44. The fourth-order valence-corrected chi connectivity index (χ4v) is 8.80. The molecule has 2 heterocycles. The van der Waals surface area contributed by atoms with Gasteiger partial charge in [0, 0.05) is 59.2 Å². The number of carboxylic acid groups (broad SMARTS) is 1. The Hall–Kier alpha value is -3.33. The number of thioether (sulfide) groups is 1. The Morgan fingerprint density at radius 2 is 1.76 bits per heavy atom. The van der Waals surface area contributed by atoms with Crippen LogP contribution in [-0.2, 0) is 26.3 Å². The number of hydrogen-bond acceptors (Lipinski definition) is 8.